The first-order valence-electron chi connectivity index (χ1n) is 10.9. The van der Waals surface area contributed by atoms with E-state index < -0.39 is 0 Å². The van der Waals surface area contributed by atoms with Crippen molar-refractivity contribution in [3.8, 4) is 11.4 Å². The van der Waals surface area contributed by atoms with Gasteiger partial charge in [0, 0.05) is 36.9 Å². The third-order valence-corrected chi connectivity index (χ3v) is 5.55. The molecule has 0 atom stereocenters. The van der Waals surface area contributed by atoms with Crippen LogP contribution in [0.5, 0.6) is 5.75 Å². The first-order chi connectivity index (χ1) is 15.7. The second kappa shape index (κ2) is 9.70. The minimum Gasteiger partial charge on any atom is -0.497 e. The summed E-state index contributed by atoms with van der Waals surface area (Å²) >= 11 is 0. The van der Waals surface area contributed by atoms with Gasteiger partial charge in [-0.05, 0) is 62.4 Å². The first kappa shape index (κ1) is 21.6. The Labute approximate surface area is 187 Å². The Balaban J connectivity index is 0.000000775. The summed E-state index contributed by atoms with van der Waals surface area (Å²) in [6.45, 7) is 9.31. The maximum absolute atomic E-state index is 12.9. The zero-order chi connectivity index (χ0) is 22.5. The van der Waals surface area contributed by atoms with Crippen molar-refractivity contribution in [1.29, 1.82) is 0 Å². The average molecular weight is 432 g/mol. The molecule has 0 unspecified atom stereocenters. The summed E-state index contributed by atoms with van der Waals surface area (Å²) in [5, 5.41) is 8.23. The third kappa shape index (κ3) is 4.24. The summed E-state index contributed by atoms with van der Waals surface area (Å²) in [6.07, 6.45) is 4.55. The predicted molar refractivity (Wildman–Crippen MR) is 131 cm³/mol. The highest BCUT2D eigenvalue weighted by Crippen LogP contribution is 2.26. The molecule has 7 heteroatoms. The smallest absolute Gasteiger partial charge is 0.280 e. The number of allylic oxidation sites excluding steroid dienone is 1. The molecule has 0 aliphatic carbocycles. The molecule has 1 aliphatic heterocycles. The van der Waals surface area contributed by atoms with Crippen molar-refractivity contribution in [2.24, 2.45) is 0 Å². The summed E-state index contributed by atoms with van der Waals surface area (Å²) in [6, 6.07) is 13.7. The van der Waals surface area contributed by atoms with Gasteiger partial charge in [0.2, 0.25) is 0 Å². The fourth-order valence-corrected chi connectivity index (χ4v) is 3.96. The van der Waals surface area contributed by atoms with E-state index in [4.69, 9.17) is 4.74 Å². The van der Waals surface area contributed by atoms with Crippen LogP contribution in [0.2, 0.25) is 0 Å². The maximum Gasteiger partial charge on any atom is 0.280 e. The molecule has 1 fully saturated rings. The van der Waals surface area contributed by atoms with Crippen LogP contribution < -0.4 is 20.5 Å². The molecule has 166 valence electrons. The van der Waals surface area contributed by atoms with Crippen LogP contribution in [0.4, 0.5) is 5.69 Å². The molecule has 1 aliphatic rings. The van der Waals surface area contributed by atoms with Crippen LogP contribution in [0, 0.1) is 0 Å². The number of nitrogens with one attached hydrogen (secondary N) is 2. The number of H-pyrrole nitrogens is 1. The lowest BCUT2D eigenvalue weighted by Gasteiger charge is -2.22. The van der Waals surface area contributed by atoms with E-state index in [2.05, 4.69) is 45.1 Å². The second-order valence-electron chi connectivity index (χ2n) is 7.70. The van der Waals surface area contributed by atoms with Crippen molar-refractivity contribution in [3.05, 3.63) is 71.7 Å². The minimum absolute atomic E-state index is 0.109. The number of hydrogen-bond donors (Lipinski definition) is 2. The molecular weight excluding hydrogens is 402 g/mol. The zero-order valence-electron chi connectivity index (χ0n) is 18.6. The number of ether oxygens (including phenoxy) is 1. The summed E-state index contributed by atoms with van der Waals surface area (Å²) in [4.78, 5) is 19.9. The van der Waals surface area contributed by atoms with Crippen molar-refractivity contribution >= 4 is 27.5 Å². The Kier molecular flexibility index (Phi) is 6.56. The molecule has 3 heterocycles. The Hall–Kier alpha value is -3.58. The predicted octanol–water partition coefficient (Wildman–Crippen LogP) is 3.87. The lowest BCUT2D eigenvalue weighted by molar-refractivity contribution is 0.414. The molecular formula is C25H29N5O2. The van der Waals surface area contributed by atoms with Crippen LogP contribution >= 0.6 is 0 Å². The monoisotopic (exact) mass is 431 g/mol. The van der Waals surface area contributed by atoms with Crippen LogP contribution in [0.3, 0.4) is 0 Å². The number of pyridine rings is 1. The van der Waals surface area contributed by atoms with Gasteiger partial charge in [-0.25, -0.2) is 4.68 Å². The Bertz CT molecular complexity index is 1270. The van der Waals surface area contributed by atoms with Gasteiger partial charge in [-0.15, -0.1) is 6.58 Å². The Morgan fingerprint density at radius 2 is 1.81 bits per heavy atom. The first-order valence-corrected chi connectivity index (χ1v) is 10.9. The molecule has 5 rings (SSSR count). The van der Waals surface area contributed by atoms with E-state index in [9.17, 15) is 4.79 Å². The number of fused-ring (bicyclic) bond motifs is 3. The normalized spacial score (nSPS) is 14.0. The van der Waals surface area contributed by atoms with E-state index in [1.807, 2.05) is 31.2 Å². The van der Waals surface area contributed by atoms with E-state index >= 15 is 0 Å². The highest BCUT2D eigenvalue weighted by Gasteiger charge is 2.14. The van der Waals surface area contributed by atoms with Gasteiger partial charge in [-0.1, -0.05) is 6.08 Å². The molecule has 32 heavy (non-hydrogen) atoms. The molecule has 4 aromatic rings. The van der Waals surface area contributed by atoms with Crippen molar-refractivity contribution in [1.82, 2.24) is 20.1 Å². The van der Waals surface area contributed by atoms with Gasteiger partial charge in [-0.2, -0.15) is 0 Å². The van der Waals surface area contributed by atoms with Gasteiger partial charge in [0.15, 0.2) is 0 Å². The Morgan fingerprint density at radius 1 is 1.06 bits per heavy atom. The van der Waals surface area contributed by atoms with E-state index in [1.165, 1.54) is 5.69 Å². The van der Waals surface area contributed by atoms with Gasteiger partial charge in [0.25, 0.3) is 5.56 Å². The lowest BCUT2D eigenvalue weighted by Crippen LogP contribution is -2.27. The van der Waals surface area contributed by atoms with E-state index in [0.29, 0.717) is 5.39 Å². The van der Waals surface area contributed by atoms with Crippen molar-refractivity contribution < 1.29 is 4.74 Å². The summed E-state index contributed by atoms with van der Waals surface area (Å²) in [5.74, 6) is 0.751. The number of aromatic amines is 1. The molecule has 2 N–H and O–H groups in total. The van der Waals surface area contributed by atoms with Crippen LogP contribution in [0.25, 0.3) is 27.5 Å². The van der Waals surface area contributed by atoms with Gasteiger partial charge in [0.05, 0.1) is 29.2 Å². The maximum atomic E-state index is 12.9. The lowest BCUT2D eigenvalue weighted by atomic mass is 10.1. The summed E-state index contributed by atoms with van der Waals surface area (Å²) in [7, 11) is 1.62. The summed E-state index contributed by atoms with van der Waals surface area (Å²) < 4.78 is 6.76. The average Bonchev–Trinajstić information content (AvgIpc) is 2.99. The molecule has 0 bridgehead atoms. The molecule has 7 nitrogen and oxygen atoms in total. The minimum atomic E-state index is -0.109. The van der Waals surface area contributed by atoms with Gasteiger partial charge in [-0.3, -0.25) is 14.9 Å². The number of rotatable bonds is 3. The SMILES string of the molecule is C=CC.COc1ccc(-n2[nH]c3c(cnc4cc(N5CCCNCC5)ccc43)c2=O)cc1. The molecule has 2 aromatic heterocycles. The molecule has 0 spiro atoms. The van der Waals surface area contributed by atoms with E-state index in [1.54, 1.807) is 24.1 Å². The van der Waals surface area contributed by atoms with Gasteiger partial charge >= 0.3 is 0 Å². The molecule has 0 saturated carbocycles. The van der Waals surface area contributed by atoms with Crippen molar-refractivity contribution in [2.45, 2.75) is 13.3 Å². The number of benzene rings is 2. The fourth-order valence-electron chi connectivity index (χ4n) is 3.96. The number of hydrogen-bond acceptors (Lipinski definition) is 5. The van der Waals surface area contributed by atoms with Crippen molar-refractivity contribution in [2.75, 3.05) is 38.2 Å². The van der Waals surface area contributed by atoms with Crippen LogP contribution in [-0.4, -0.2) is 48.1 Å². The molecule has 1 saturated heterocycles. The van der Waals surface area contributed by atoms with Crippen LogP contribution in [0.15, 0.2) is 66.1 Å². The molecule has 0 radical (unpaired) electrons. The fraction of sp³-hybridized carbons (Fsp3) is 0.280. The van der Waals surface area contributed by atoms with Gasteiger partial charge < -0.3 is 15.0 Å². The van der Waals surface area contributed by atoms with Crippen LogP contribution in [0.1, 0.15) is 13.3 Å². The quantitative estimate of drug-likeness (QED) is 0.482. The highest BCUT2D eigenvalue weighted by atomic mass is 16.5. The molecule has 0 amide bonds. The Morgan fingerprint density at radius 3 is 2.56 bits per heavy atom. The zero-order valence-corrected chi connectivity index (χ0v) is 18.6. The second-order valence-corrected chi connectivity index (χ2v) is 7.70. The standard InChI is InChI=1S/C22H23N5O2.C3H6/c1-29-17-6-3-15(4-7-17)27-22(28)19-14-24-20-13-16(5-8-18(20)21(19)25-27)26-11-2-9-23-10-12-26;1-3-2/h3-8,13-14,23,25H,2,9-12H2,1H3;3H,1H2,2H3. The number of methoxy groups -OCH3 is 1. The highest BCUT2D eigenvalue weighted by molar-refractivity contribution is 6.03. The van der Waals surface area contributed by atoms with E-state index in [-0.39, 0.29) is 5.56 Å². The third-order valence-electron chi connectivity index (χ3n) is 5.55. The van der Waals surface area contributed by atoms with Gasteiger partial charge in [0.1, 0.15) is 5.75 Å². The number of anilines is 1. The number of aromatic nitrogens is 3. The summed E-state index contributed by atoms with van der Waals surface area (Å²) in [5.41, 5.74) is 3.51. The van der Waals surface area contributed by atoms with E-state index in [0.717, 1.165) is 60.5 Å². The molecule has 2 aromatic carbocycles. The van der Waals surface area contributed by atoms with Crippen LogP contribution in [-0.2, 0) is 0 Å². The van der Waals surface area contributed by atoms with Crippen molar-refractivity contribution in [3.63, 3.8) is 0 Å². The largest absolute Gasteiger partial charge is 0.497 e. The topological polar surface area (TPSA) is 75.2 Å². The number of nitrogens with zero attached hydrogens (tertiary/aromatic N) is 3.